The maximum Gasteiger partial charge on any atom is 0.358 e. The van der Waals surface area contributed by atoms with Crippen LogP contribution in [0.3, 0.4) is 0 Å². The molecule has 11 nitrogen and oxygen atoms in total. The number of hydrogen-bond acceptors (Lipinski definition) is 8. The van der Waals surface area contributed by atoms with Gasteiger partial charge in [0.15, 0.2) is 5.84 Å². The Kier molecular flexibility index (Phi) is 7.66. The molecule has 1 unspecified atom stereocenters. The first kappa shape index (κ1) is 28.7. The van der Waals surface area contributed by atoms with Gasteiger partial charge in [-0.25, -0.2) is 0 Å². The lowest BCUT2D eigenvalue weighted by Crippen LogP contribution is -2.38. The summed E-state index contributed by atoms with van der Waals surface area (Å²) in [6.07, 6.45) is 0. The molecule has 1 aliphatic heterocycles. The van der Waals surface area contributed by atoms with Crippen LogP contribution in [0.1, 0.15) is 66.6 Å². The van der Waals surface area contributed by atoms with E-state index in [1.54, 1.807) is 49.4 Å². The van der Waals surface area contributed by atoms with Crippen molar-refractivity contribution < 1.29 is 27.1 Å². The largest absolute Gasteiger partial charge is 0.358 e. The van der Waals surface area contributed by atoms with Gasteiger partial charge in [-0.05, 0) is 36.3 Å². The van der Waals surface area contributed by atoms with E-state index in [1.807, 2.05) is 27.7 Å². The zero-order chi connectivity index (χ0) is 29.4. The average Bonchev–Trinajstić information content (AvgIpc) is 3.39. The van der Waals surface area contributed by atoms with E-state index < -0.39 is 33.3 Å². The number of anilines is 1. The molecule has 4 rings (SSSR count). The molecule has 0 saturated carbocycles. The lowest BCUT2D eigenvalue weighted by molar-refractivity contribution is -0.114. The highest BCUT2D eigenvalue weighted by molar-refractivity contribution is 7.86. The number of carbonyl (C=O) groups excluding carboxylic acids is 3. The van der Waals surface area contributed by atoms with E-state index in [9.17, 15) is 22.8 Å². The molecule has 0 bridgehead atoms. The minimum absolute atomic E-state index is 0.0357. The van der Waals surface area contributed by atoms with E-state index in [0.717, 1.165) is 10.5 Å². The predicted octanol–water partition coefficient (Wildman–Crippen LogP) is 3.95. The van der Waals surface area contributed by atoms with Crippen LogP contribution in [0, 0.1) is 12.8 Å². The molecule has 2 heterocycles. The van der Waals surface area contributed by atoms with Gasteiger partial charge in [-0.1, -0.05) is 57.5 Å². The second-order valence-electron chi connectivity index (χ2n) is 10.7. The summed E-state index contributed by atoms with van der Waals surface area (Å²) in [5, 5.41) is 11.3. The molecule has 3 aromatic rings. The van der Waals surface area contributed by atoms with Crippen molar-refractivity contribution in [2.45, 2.75) is 51.9 Å². The summed E-state index contributed by atoms with van der Waals surface area (Å²) in [5.74, 6) is -1.91. The van der Waals surface area contributed by atoms with E-state index in [-0.39, 0.29) is 40.1 Å². The Bertz CT molecular complexity index is 1580. The third kappa shape index (κ3) is 5.81. The van der Waals surface area contributed by atoms with Crippen molar-refractivity contribution >= 4 is 39.5 Å². The Labute approximate surface area is 232 Å². The van der Waals surface area contributed by atoms with Gasteiger partial charge in [0.1, 0.15) is 10.7 Å². The van der Waals surface area contributed by atoms with E-state index in [0.29, 0.717) is 5.69 Å². The number of oxime groups is 1. The quantitative estimate of drug-likeness (QED) is 0.198. The summed E-state index contributed by atoms with van der Waals surface area (Å²) in [6.45, 7) is 10.4. The number of amides is 3. The van der Waals surface area contributed by atoms with Crippen molar-refractivity contribution in [3.8, 4) is 0 Å². The third-order valence-corrected chi connectivity index (χ3v) is 7.43. The van der Waals surface area contributed by atoms with Crippen LogP contribution in [-0.2, 0) is 24.6 Å². The maximum atomic E-state index is 13.0. The number of nitrogens with one attached hydrogen (secondary N) is 1. The molecule has 0 radical (unpaired) electrons. The minimum Gasteiger partial charge on any atom is -0.311 e. The molecule has 12 heteroatoms. The number of aromatic nitrogens is 2. The van der Waals surface area contributed by atoms with Crippen molar-refractivity contribution in [2.75, 3.05) is 11.9 Å². The molecule has 0 aliphatic carbocycles. The first-order valence-electron chi connectivity index (χ1n) is 12.6. The molecule has 1 aromatic heterocycles. The van der Waals surface area contributed by atoms with E-state index in [1.165, 1.54) is 23.7 Å². The normalized spacial score (nSPS) is 14.8. The number of hydrogen-bond donors (Lipinski definition) is 1. The lowest BCUT2D eigenvalue weighted by Gasteiger charge is -2.21. The molecule has 40 heavy (non-hydrogen) atoms. The van der Waals surface area contributed by atoms with Gasteiger partial charge < -0.3 is 5.32 Å². The molecule has 0 spiro atoms. The van der Waals surface area contributed by atoms with E-state index in [4.69, 9.17) is 4.28 Å². The number of imide groups is 1. The first-order valence-corrected chi connectivity index (χ1v) is 14.0. The summed E-state index contributed by atoms with van der Waals surface area (Å²) in [6, 6.07) is 14.2. The van der Waals surface area contributed by atoms with Gasteiger partial charge in [0.05, 0.1) is 16.8 Å². The van der Waals surface area contributed by atoms with Crippen LogP contribution in [-0.4, -0.2) is 53.2 Å². The van der Waals surface area contributed by atoms with Crippen LogP contribution in [0.5, 0.6) is 0 Å². The Morgan fingerprint density at radius 1 is 1.05 bits per heavy atom. The zero-order valence-corrected chi connectivity index (χ0v) is 23.9. The monoisotopic (exact) mass is 565 g/mol. The summed E-state index contributed by atoms with van der Waals surface area (Å²) < 4.78 is 32.4. The molecular weight excluding hydrogens is 534 g/mol. The summed E-state index contributed by atoms with van der Waals surface area (Å²) in [5.41, 5.74) is 1.57. The molecule has 3 amide bonds. The fourth-order valence-corrected chi connectivity index (χ4v) is 4.85. The lowest BCUT2D eigenvalue weighted by atomic mass is 9.92. The molecule has 1 N–H and O–H groups in total. The Morgan fingerprint density at radius 2 is 1.62 bits per heavy atom. The number of aryl methyl sites for hydroxylation is 1. The van der Waals surface area contributed by atoms with Crippen LogP contribution < -0.4 is 5.32 Å². The summed E-state index contributed by atoms with van der Waals surface area (Å²) in [7, 11) is -4.33. The molecule has 1 atom stereocenters. The van der Waals surface area contributed by atoms with Crippen molar-refractivity contribution in [2.24, 2.45) is 11.1 Å². The van der Waals surface area contributed by atoms with Crippen molar-refractivity contribution in [1.29, 1.82) is 0 Å². The fraction of sp³-hybridized carbons (Fsp3) is 0.321. The number of carbonyl (C=O) groups is 3. The highest BCUT2D eigenvalue weighted by Crippen LogP contribution is 2.27. The van der Waals surface area contributed by atoms with Crippen molar-refractivity contribution in [1.82, 2.24) is 14.7 Å². The number of nitrogens with zero attached hydrogens (tertiary/aromatic N) is 4. The van der Waals surface area contributed by atoms with Crippen LogP contribution >= 0.6 is 0 Å². The SMILES string of the molecule is CC(=O)Nc1cc(C(C)(C)C)nn1C(=NOS(=O)(=O)c1ccc(C)cc1)C(C)CN1C(=O)c2ccccc2C1=O. The Balaban J connectivity index is 1.77. The van der Waals surface area contributed by atoms with Gasteiger partial charge in [0, 0.05) is 30.9 Å². The molecule has 0 saturated heterocycles. The topological polar surface area (TPSA) is 140 Å². The second kappa shape index (κ2) is 10.7. The van der Waals surface area contributed by atoms with E-state index in [2.05, 4.69) is 15.6 Å². The molecule has 0 fully saturated rings. The van der Waals surface area contributed by atoms with Gasteiger partial charge in [0.2, 0.25) is 5.91 Å². The van der Waals surface area contributed by atoms with Crippen molar-refractivity contribution in [3.05, 3.63) is 77.0 Å². The summed E-state index contributed by atoms with van der Waals surface area (Å²) >= 11 is 0. The third-order valence-electron chi connectivity index (χ3n) is 6.31. The van der Waals surface area contributed by atoms with Gasteiger partial charge in [-0.3, -0.25) is 23.6 Å². The standard InChI is InChI=1S/C28H31N5O6S/c1-17-11-13-20(14-12-17)40(37,38)39-31-25(33-24(29-19(3)34)15-23(30-33)28(4,5)6)18(2)16-32-26(35)21-9-7-8-10-22(21)27(32)36/h7-15,18H,16H2,1-6H3,(H,29,34). The first-order chi connectivity index (χ1) is 18.7. The zero-order valence-electron chi connectivity index (χ0n) is 23.1. The van der Waals surface area contributed by atoms with Crippen LogP contribution in [0.4, 0.5) is 5.82 Å². The predicted molar refractivity (Wildman–Crippen MR) is 148 cm³/mol. The number of fused-ring (bicyclic) bond motifs is 1. The van der Waals surface area contributed by atoms with Gasteiger partial charge in [-0.2, -0.15) is 18.2 Å². The van der Waals surface area contributed by atoms with Crippen LogP contribution in [0.15, 0.2) is 64.6 Å². The smallest absolute Gasteiger partial charge is 0.311 e. The fourth-order valence-electron chi connectivity index (χ4n) is 4.12. The van der Waals surface area contributed by atoms with Gasteiger partial charge in [0.25, 0.3) is 11.8 Å². The number of rotatable bonds is 7. The van der Waals surface area contributed by atoms with Crippen molar-refractivity contribution in [3.63, 3.8) is 0 Å². The molecular formula is C28H31N5O6S. The second-order valence-corrected chi connectivity index (χ2v) is 12.2. The molecule has 1 aliphatic rings. The van der Waals surface area contributed by atoms with Gasteiger partial charge in [-0.15, -0.1) is 0 Å². The maximum absolute atomic E-state index is 13.0. The Morgan fingerprint density at radius 3 is 2.15 bits per heavy atom. The number of benzene rings is 2. The summed E-state index contributed by atoms with van der Waals surface area (Å²) in [4.78, 5) is 39.1. The minimum atomic E-state index is -4.33. The van der Waals surface area contributed by atoms with Gasteiger partial charge >= 0.3 is 10.1 Å². The Hall–Kier alpha value is -4.32. The molecule has 210 valence electrons. The average molecular weight is 566 g/mol. The van der Waals surface area contributed by atoms with E-state index >= 15 is 0 Å². The highest BCUT2D eigenvalue weighted by atomic mass is 32.2. The van der Waals surface area contributed by atoms with Crippen LogP contribution in [0.2, 0.25) is 0 Å². The highest BCUT2D eigenvalue weighted by Gasteiger charge is 2.37. The molecule has 2 aromatic carbocycles. The van der Waals surface area contributed by atoms with Crippen LogP contribution in [0.25, 0.3) is 0 Å².